The molecule has 0 bridgehead atoms. The molecule has 0 aliphatic rings. The van der Waals surface area contributed by atoms with Gasteiger partial charge in [-0.05, 0) is 55.0 Å². The number of halogens is 1. The van der Waals surface area contributed by atoms with E-state index in [1.165, 1.54) is 13.0 Å². The zero-order valence-corrected chi connectivity index (χ0v) is 19.0. The molecule has 33 heavy (non-hydrogen) atoms. The normalized spacial score (nSPS) is 10.4. The number of benzene rings is 3. The van der Waals surface area contributed by atoms with Gasteiger partial charge in [0.2, 0.25) is 5.91 Å². The summed E-state index contributed by atoms with van der Waals surface area (Å²) in [7, 11) is 0. The lowest BCUT2D eigenvalue weighted by atomic mass is 9.96. The van der Waals surface area contributed by atoms with Crippen molar-refractivity contribution in [3.63, 3.8) is 0 Å². The number of rotatable bonds is 8. The van der Waals surface area contributed by atoms with Crippen LogP contribution in [0.15, 0.2) is 60.7 Å². The van der Waals surface area contributed by atoms with E-state index in [1.807, 2.05) is 18.2 Å². The van der Waals surface area contributed by atoms with Gasteiger partial charge in [-0.3, -0.25) is 14.4 Å². The quantitative estimate of drug-likeness (QED) is 0.371. The van der Waals surface area contributed by atoms with E-state index in [2.05, 4.69) is 16.0 Å². The Hall–Kier alpha value is -3.68. The third-order valence-electron chi connectivity index (χ3n) is 4.87. The van der Waals surface area contributed by atoms with Gasteiger partial charge in [0, 0.05) is 35.8 Å². The highest BCUT2D eigenvalue weighted by atomic mass is 35.5. The van der Waals surface area contributed by atoms with Gasteiger partial charge < -0.3 is 21.1 Å². The van der Waals surface area contributed by atoms with E-state index in [0.29, 0.717) is 39.3 Å². The number of para-hydroxylation sites is 2. The molecule has 8 heteroatoms. The minimum atomic E-state index is -0.374. The Labute approximate surface area is 196 Å². The molecule has 0 spiro atoms. The van der Waals surface area contributed by atoms with Gasteiger partial charge in [0.25, 0.3) is 5.91 Å². The Balaban J connectivity index is 1.86. The van der Waals surface area contributed by atoms with Crippen LogP contribution < -0.4 is 16.0 Å². The zero-order chi connectivity index (χ0) is 24.0. The molecular weight excluding hydrogens is 442 g/mol. The lowest BCUT2D eigenvalue weighted by molar-refractivity contribution is -0.114. The van der Waals surface area contributed by atoms with E-state index in [0.717, 1.165) is 0 Å². The molecule has 4 N–H and O–H groups in total. The summed E-state index contributed by atoms with van der Waals surface area (Å²) in [6.07, 6.45) is 0. The Kier molecular flexibility index (Phi) is 7.82. The van der Waals surface area contributed by atoms with E-state index >= 15 is 0 Å². The van der Waals surface area contributed by atoms with E-state index in [-0.39, 0.29) is 35.8 Å². The summed E-state index contributed by atoms with van der Waals surface area (Å²) in [6, 6.07) is 17.0. The van der Waals surface area contributed by atoms with Crippen LogP contribution in [0.25, 0.3) is 0 Å². The van der Waals surface area contributed by atoms with Crippen molar-refractivity contribution < 1.29 is 19.5 Å². The summed E-state index contributed by atoms with van der Waals surface area (Å²) in [6.45, 7) is 3.17. The Morgan fingerprint density at radius 1 is 0.939 bits per heavy atom. The fraction of sp³-hybridized carbons (Fsp3) is 0.160. The third kappa shape index (κ3) is 5.97. The minimum absolute atomic E-state index is 0.126. The van der Waals surface area contributed by atoms with E-state index in [9.17, 15) is 14.4 Å². The summed E-state index contributed by atoms with van der Waals surface area (Å²) in [5, 5.41) is 17.7. The number of hydrogen-bond acceptors (Lipinski definition) is 5. The molecule has 0 aliphatic carbocycles. The number of anilines is 3. The van der Waals surface area contributed by atoms with Crippen molar-refractivity contribution >= 4 is 46.3 Å². The van der Waals surface area contributed by atoms with Gasteiger partial charge in [-0.1, -0.05) is 29.8 Å². The number of hydrogen-bond donors (Lipinski definition) is 4. The second-order valence-electron chi connectivity index (χ2n) is 7.38. The van der Waals surface area contributed by atoms with Crippen molar-refractivity contribution in [2.45, 2.75) is 13.8 Å². The van der Waals surface area contributed by atoms with E-state index in [4.69, 9.17) is 16.7 Å². The van der Waals surface area contributed by atoms with Crippen molar-refractivity contribution in [3.8, 4) is 0 Å². The second kappa shape index (κ2) is 10.8. The second-order valence-corrected chi connectivity index (χ2v) is 7.79. The van der Waals surface area contributed by atoms with Crippen molar-refractivity contribution in [1.82, 2.24) is 5.32 Å². The fourth-order valence-corrected chi connectivity index (χ4v) is 3.51. The van der Waals surface area contributed by atoms with Gasteiger partial charge >= 0.3 is 0 Å². The molecular formula is C25H24ClN3O4. The average molecular weight is 466 g/mol. The van der Waals surface area contributed by atoms with Crippen LogP contribution in [0.3, 0.4) is 0 Å². The highest BCUT2D eigenvalue weighted by molar-refractivity contribution is 6.35. The number of ketones is 1. The predicted molar refractivity (Wildman–Crippen MR) is 130 cm³/mol. The van der Waals surface area contributed by atoms with Crippen LogP contribution in [0.2, 0.25) is 5.02 Å². The van der Waals surface area contributed by atoms with Crippen LogP contribution in [0, 0.1) is 6.92 Å². The molecule has 0 unspecified atom stereocenters. The first kappa shape index (κ1) is 24.0. The first-order valence-electron chi connectivity index (χ1n) is 10.3. The summed E-state index contributed by atoms with van der Waals surface area (Å²) in [5.41, 5.74) is 3.64. The standard InChI is InChI=1S/C25H24ClN3O4/c1-15-7-8-17(25(33)27-11-12-30)13-20(15)24(32)19-10-9-18(14-21(19)26)29-23-6-4-3-5-22(23)28-16(2)31/h3-10,13-14,29-30H,11-12H2,1-2H3,(H,27,33)(H,28,31). The maximum atomic E-state index is 13.2. The molecule has 0 radical (unpaired) electrons. The van der Waals surface area contributed by atoms with Gasteiger partial charge in [-0.2, -0.15) is 0 Å². The number of aryl methyl sites for hydroxylation is 1. The summed E-state index contributed by atoms with van der Waals surface area (Å²) >= 11 is 6.45. The summed E-state index contributed by atoms with van der Waals surface area (Å²) < 4.78 is 0. The van der Waals surface area contributed by atoms with Gasteiger partial charge in [0.15, 0.2) is 5.78 Å². The molecule has 0 heterocycles. The molecule has 0 fully saturated rings. The lowest BCUT2D eigenvalue weighted by Gasteiger charge is -2.14. The molecule has 0 saturated carbocycles. The molecule has 0 aliphatic heterocycles. The maximum absolute atomic E-state index is 13.2. The maximum Gasteiger partial charge on any atom is 0.251 e. The molecule has 0 saturated heterocycles. The molecule has 7 nitrogen and oxygen atoms in total. The summed E-state index contributed by atoms with van der Waals surface area (Å²) in [4.78, 5) is 36.8. The third-order valence-corrected chi connectivity index (χ3v) is 5.18. The van der Waals surface area contributed by atoms with E-state index in [1.54, 1.807) is 43.3 Å². The predicted octanol–water partition coefficient (Wildman–Crippen LogP) is 4.30. The first-order valence-corrected chi connectivity index (χ1v) is 10.7. The molecule has 2 amide bonds. The van der Waals surface area contributed by atoms with Crippen molar-refractivity contribution in [1.29, 1.82) is 0 Å². The van der Waals surface area contributed by atoms with Crippen molar-refractivity contribution in [3.05, 3.63) is 87.9 Å². The van der Waals surface area contributed by atoms with Crippen LogP contribution >= 0.6 is 11.6 Å². The van der Waals surface area contributed by atoms with Crippen molar-refractivity contribution in [2.24, 2.45) is 0 Å². The van der Waals surface area contributed by atoms with Gasteiger partial charge in [0.05, 0.1) is 23.0 Å². The number of aliphatic hydroxyl groups is 1. The highest BCUT2D eigenvalue weighted by Gasteiger charge is 2.18. The minimum Gasteiger partial charge on any atom is -0.395 e. The average Bonchev–Trinajstić information content (AvgIpc) is 2.78. The summed E-state index contributed by atoms with van der Waals surface area (Å²) in [5.74, 6) is -0.869. The Bertz CT molecular complexity index is 1210. The Morgan fingerprint density at radius 3 is 2.33 bits per heavy atom. The lowest BCUT2D eigenvalue weighted by Crippen LogP contribution is -2.26. The zero-order valence-electron chi connectivity index (χ0n) is 18.2. The van der Waals surface area contributed by atoms with Crippen LogP contribution in [-0.2, 0) is 4.79 Å². The molecule has 3 aromatic rings. The number of aliphatic hydroxyl groups excluding tert-OH is 1. The molecule has 0 atom stereocenters. The monoisotopic (exact) mass is 465 g/mol. The SMILES string of the molecule is CC(=O)Nc1ccccc1Nc1ccc(C(=O)c2cc(C(=O)NCCO)ccc2C)c(Cl)c1. The smallest absolute Gasteiger partial charge is 0.251 e. The van der Waals surface area contributed by atoms with Crippen LogP contribution in [0.5, 0.6) is 0 Å². The number of carbonyl (C=O) groups is 3. The van der Waals surface area contributed by atoms with Crippen LogP contribution in [0.4, 0.5) is 17.1 Å². The van der Waals surface area contributed by atoms with Crippen LogP contribution in [-0.4, -0.2) is 35.9 Å². The fourth-order valence-electron chi connectivity index (χ4n) is 3.25. The first-order chi connectivity index (χ1) is 15.8. The molecule has 0 aromatic heterocycles. The number of amides is 2. The molecule has 3 aromatic carbocycles. The molecule has 170 valence electrons. The van der Waals surface area contributed by atoms with E-state index < -0.39 is 0 Å². The Morgan fingerprint density at radius 2 is 1.67 bits per heavy atom. The highest BCUT2D eigenvalue weighted by Crippen LogP contribution is 2.29. The van der Waals surface area contributed by atoms with Gasteiger partial charge in [-0.15, -0.1) is 0 Å². The largest absolute Gasteiger partial charge is 0.395 e. The van der Waals surface area contributed by atoms with Crippen molar-refractivity contribution in [2.75, 3.05) is 23.8 Å². The number of nitrogens with one attached hydrogen (secondary N) is 3. The number of carbonyl (C=O) groups excluding carboxylic acids is 3. The van der Waals surface area contributed by atoms with Gasteiger partial charge in [0.1, 0.15) is 0 Å². The topological polar surface area (TPSA) is 108 Å². The molecule has 3 rings (SSSR count). The van der Waals surface area contributed by atoms with Gasteiger partial charge in [-0.25, -0.2) is 0 Å². The van der Waals surface area contributed by atoms with Crippen LogP contribution in [0.1, 0.15) is 38.8 Å².